The van der Waals surface area contributed by atoms with Crippen LogP contribution >= 0.6 is 0 Å². The van der Waals surface area contributed by atoms with E-state index in [0.717, 1.165) is 29.7 Å². The van der Waals surface area contributed by atoms with Crippen LogP contribution in [0.2, 0.25) is 0 Å². The number of aromatic amines is 1. The van der Waals surface area contributed by atoms with Crippen molar-refractivity contribution >= 4 is 5.91 Å². The zero-order chi connectivity index (χ0) is 19.0. The standard InChI is InChI=1S/C20H20N4O3/c1-12-5-7-14(8-6-12)18-21-11-15(19(25)22-18)20(26)24-9-3-4-16(24)17-10-13(2)23-27-17/h5-8,10-11,16H,3-4,9H2,1-2H3,(H,21,22,25). The van der Waals surface area contributed by atoms with Gasteiger partial charge in [-0.05, 0) is 26.7 Å². The van der Waals surface area contributed by atoms with E-state index in [2.05, 4.69) is 15.1 Å². The summed E-state index contributed by atoms with van der Waals surface area (Å²) in [6, 6.07) is 9.30. The Morgan fingerprint density at radius 2 is 2.04 bits per heavy atom. The van der Waals surface area contributed by atoms with Gasteiger partial charge in [-0.15, -0.1) is 0 Å². The molecule has 4 rings (SSSR count). The smallest absolute Gasteiger partial charge is 0.264 e. The van der Waals surface area contributed by atoms with Crippen molar-refractivity contribution < 1.29 is 9.32 Å². The molecule has 7 nitrogen and oxygen atoms in total. The van der Waals surface area contributed by atoms with Gasteiger partial charge in [0.1, 0.15) is 11.4 Å². The van der Waals surface area contributed by atoms with E-state index in [0.29, 0.717) is 18.1 Å². The van der Waals surface area contributed by atoms with Crippen molar-refractivity contribution in [2.75, 3.05) is 6.54 Å². The first kappa shape index (κ1) is 17.2. The van der Waals surface area contributed by atoms with Crippen LogP contribution in [0.25, 0.3) is 11.4 Å². The molecule has 1 unspecified atom stereocenters. The summed E-state index contributed by atoms with van der Waals surface area (Å²) < 4.78 is 5.34. The zero-order valence-corrected chi connectivity index (χ0v) is 15.2. The van der Waals surface area contributed by atoms with E-state index in [1.807, 2.05) is 44.2 Å². The Hall–Kier alpha value is -3.22. The predicted molar refractivity (Wildman–Crippen MR) is 99.3 cm³/mol. The molecule has 0 spiro atoms. The first-order valence-electron chi connectivity index (χ1n) is 8.93. The fourth-order valence-corrected chi connectivity index (χ4v) is 3.41. The van der Waals surface area contributed by atoms with Crippen LogP contribution in [0.4, 0.5) is 0 Å². The van der Waals surface area contributed by atoms with Crippen LogP contribution in [-0.2, 0) is 0 Å². The summed E-state index contributed by atoms with van der Waals surface area (Å²) in [5.74, 6) is 0.759. The monoisotopic (exact) mass is 364 g/mol. The van der Waals surface area contributed by atoms with E-state index < -0.39 is 5.56 Å². The van der Waals surface area contributed by atoms with Gasteiger partial charge in [-0.1, -0.05) is 35.0 Å². The van der Waals surface area contributed by atoms with Gasteiger partial charge in [-0.2, -0.15) is 0 Å². The van der Waals surface area contributed by atoms with Crippen molar-refractivity contribution in [3.8, 4) is 11.4 Å². The lowest BCUT2D eigenvalue weighted by molar-refractivity contribution is 0.0712. The van der Waals surface area contributed by atoms with Gasteiger partial charge in [-0.3, -0.25) is 9.59 Å². The predicted octanol–water partition coefficient (Wildman–Crippen LogP) is 3.02. The Morgan fingerprint density at radius 3 is 2.70 bits per heavy atom. The second kappa shape index (κ2) is 6.83. The minimum atomic E-state index is -0.440. The summed E-state index contributed by atoms with van der Waals surface area (Å²) in [6.45, 7) is 4.40. The molecule has 1 atom stereocenters. The van der Waals surface area contributed by atoms with E-state index in [4.69, 9.17) is 4.52 Å². The maximum absolute atomic E-state index is 13.0. The highest BCUT2D eigenvalue weighted by atomic mass is 16.5. The Morgan fingerprint density at radius 1 is 1.26 bits per heavy atom. The van der Waals surface area contributed by atoms with Gasteiger partial charge in [0, 0.05) is 24.4 Å². The van der Waals surface area contributed by atoms with Crippen molar-refractivity contribution in [3.63, 3.8) is 0 Å². The highest BCUT2D eigenvalue weighted by molar-refractivity contribution is 5.94. The van der Waals surface area contributed by atoms with Crippen LogP contribution in [0.3, 0.4) is 0 Å². The number of benzene rings is 1. The average Bonchev–Trinajstić information content (AvgIpc) is 3.30. The summed E-state index contributed by atoms with van der Waals surface area (Å²) >= 11 is 0. The molecule has 0 saturated carbocycles. The first-order chi connectivity index (χ1) is 13.0. The van der Waals surface area contributed by atoms with Gasteiger partial charge in [0.2, 0.25) is 0 Å². The summed E-state index contributed by atoms with van der Waals surface area (Å²) in [5.41, 5.74) is 2.29. The third-order valence-corrected chi connectivity index (χ3v) is 4.84. The molecular weight excluding hydrogens is 344 g/mol. The third-order valence-electron chi connectivity index (χ3n) is 4.84. The van der Waals surface area contributed by atoms with Crippen LogP contribution in [0.5, 0.6) is 0 Å². The maximum atomic E-state index is 13.0. The number of aromatic nitrogens is 3. The lowest BCUT2D eigenvalue weighted by atomic mass is 10.1. The molecule has 7 heteroatoms. The number of hydrogen-bond donors (Lipinski definition) is 1. The summed E-state index contributed by atoms with van der Waals surface area (Å²) in [6.07, 6.45) is 2.99. The molecular formula is C20H20N4O3. The molecule has 2 aromatic heterocycles. The molecule has 1 amide bonds. The summed E-state index contributed by atoms with van der Waals surface area (Å²) in [7, 11) is 0. The quantitative estimate of drug-likeness (QED) is 0.771. The Balaban J connectivity index is 1.62. The molecule has 138 valence electrons. The number of H-pyrrole nitrogens is 1. The van der Waals surface area contributed by atoms with Crippen molar-refractivity contribution in [2.45, 2.75) is 32.7 Å². The first-order valence-corrected chi connectivity index (χ1v) is 8.93. The minimum absolute atomic E-state index is 0.0361. The largest absolute Gasteiger partial charge is 0.359 e. The van der Waals surface area contributed by atoms with Gasteiger partial charge in [0.25, 0.3) is 11.5 Å². The number of rotatable bonds is 3. The van der Waals surface area contributed by atoms with E-state index in [9.17, 15) is 9.59 Å². The normalized spacial score (nSPS) is 16.7. The number of hydrogen-bond acceptors (Lipinski definition) is 5. The molecule has 0 radical (unpaired) electrons. The van der Waals surface area contributed by atoms with E-state index >= 15 is 0 Å². The second-order valence-corrected chi connectivity index (χ2v) is 6.87. The fourth-order valence-electron chi connectivity index (χ4n) is 3.41. The number of nitrogens with one attached hydrogen (secondary N) is 1. The van der Waals surface area contributed by atoms with Crippen molar-refractivity contribution in [1.82, 2.24) is 20.0 Å². The molecule has 0 aliphatic carbocycles. The number of aryl methyl sites for hydroxylation is 2. The minimum Gasteiger partial charge on any atom is -0.359 e. The Kier molecular flexibility index (Phi) is 4.35. The number of likely N-dealkylation sites (tertiary alicyclic amines) is 1. The molecule has 1 aromatic carbocycles. The van der Waals surface area contributed by atoms with Gasteiger partial charge < -0.3 is 14.4 Å². The topological polar surface area (TPSA) is 92.1 Å². The number of nitrogens with zero attached hydrogens (tertiary/aromatic N) is 3. The number of carbonyl (C=O) groups excluding carboxylic acids is 1. The SMILES string of the molecule is Cc1ccc(-c2ncc(C(=O)N3CCCC3c3cc(C)no3)c(=O)[nH]2)cc1. The number of carbonyl (C=O) groups is 1. The molecule has 3 aromatic rings. The third kappa shape index (κ3) is 3.28. The molecule has 1 N–H and O–H groups in total. The van der Waals surface area contributed by atoms with E-state index in [1.165, 1.54) is 6.20 Å². The van der Waals surface area contributed by atoms with Crippen LogP contribution < -0.4 is 5.56 Å². The number of amides is 1. The van der Waals surface area contributed by atoms with Crippen LogP contribution in [0.15, 0.2) is 45.8 Å². The highest BCUT2D eigenvalue weighted by Gasteiger charge is 2.34. The van der Waals surface area contributed by atoms with Crippen LogP contribution in [0.1, 0.15) is 46.3 Å². The molecule has 0 bridgehead atoms. The highest BCUT2D eigenvalue weighted by Crippen LogP contribution is 2.33. The van der Waals surface area contributed by atoms with E-state index in [-0.39, 0.29) is 17.5 Å². The second-order valence-electron chi connectivity index (χ2n) is 6.87. The summed E-state index contributed by atoms with van der Waals surface area (Å²) in [4.78, 5) is 34.2. The molecule has 1 saturated heterocycles. The van der Waals surface area contributed by atoms with E-state index in [1.54, 1.807) is 4.90 Å². The van der Waals surface area contributed by atoms with Gasteiger partial charge in [0.15, 0.2) is 5.76 Å². The van der Waals surface area contributed by atoms with Crippen molar-refractivity contribution in [2.24, 2.45) is 0 Å². The fraction of sp³-hybridized carbons (Fsp3) is 0.300. The van der Waals surface area contributed by atoms with Crippen molar-refractivity contribution in [1.29, 1.82) is 0 Å². The van der Waals surface area contributed by atoms with Crippen LogP contribution in [-0.4, -0.2) is 32.5 Å². The van der Waals surface area contributed by atoms with Crippen molar-refractivity contribution in [3.05, 3.63) is 69.5 Å². The van der Waals surface area contributed by atoms with Crippen LogP contribution in [0, 0.1) is 13.8 Å². The molecule has 1 aliphatic rings. The van der Waals surface area contributed by atoms with Gasteiger partial charge in [-0.25, -0.2) is 4.98 Å². The zero-order valence-electron chi connectivity index (χ0n) is 15.2. The molecule has 3 heterocycles. The molecule has 27 heavy (non-hydrogen) atoms. The Labute approximate surface area is 156 Å². The lowest BCUT2D eigenvalue weighted by Crippen LogP contribution is -2.34. The maximum Gasteiger partial charge on any atom is 0.264 e. The Bertz CT molecular complexity index is 1040. The molecule has 1 aliphatic heterocycles. The van der Waals surface area contributed by atoms with Gasteiger partial charge in [0.05, 0.1) is 11.7 Å². The summed E-state index contributed by atoms with van der Waals surface area (Å²) in [5, 5.41) is 3.90. The van der Waals surface area contributed by atoms with Gasteiger partial charge >= 0.3 is 0 Å². The lowest BCUT2D eigenvalue weighted by Gasteiger charge is -2.22. The molecule has 1 fully saturated rings. The average molecular weight is 364 g/mol.